The highest BCUT2D eigenvalue weighted by Gasteiger charge is 2.20. The van der Waals surface area contributed by atoms with Gasteiger partial charge in [-0.2, -0.15) is 0 Å². The number of benzene rings is 3. The van der Waals surface area contributed by atoms with Gasteiger partial charge in [0.05, 0.1) is 11.4 Å². The zero-order chi connectivity index (χ0) is 23.7. The van der Waals surface area contributed by atoms with E-state index in [-0.39, 0.29) is 22.8 Å². The molecule has 0 fully saturated rings. The summed E-state index contributed by atoms with van der Waals surface area (Å²) in [6.45, 7) is 1.96. The molecule has 2 aromatic heterocycles. The van der Waals surface area contributed by atoms with Crippen molar-refractivity contribution in [2.75, 3.05) is 17.3 Å². The maximum absolute atomic E-state index is 13.5. The molecule has 0 aliphatic rings. The lowest BCUT2D eigenvalue weighted by Gasteiger charge is -2.12. The Morgan fingerprint density at radius 3 is 2.71 bits per heavy atom. The van der Waals surface area contributed by atoms with Crippen LogP contribution >= 0.6 is 23.5 Å². The van der Waals surface area contributed by atoms with Crippen LogP contribution in [0.25, 0.3) is 27.8 Å². The molecule has 34 heavy (non-hydrogen) atoms. The first-order valence-corrected chi connectivity index (χ1v) is 12.8. The summed E-state index contributed by atoms with van der Waals surface area (Å²) in [4.78, 5) is 32.1. The number of rotatable bonds is 6. The Kier molecular flexibility index (Phi) is 6.17. The Hall–Kier alpha value is -3.49. The van der Waals surface area contributed by atoms with Crippen LogP contribution in [0.1, 0.15) is 5.56 Å². The van der Waals surface area contributed by atoms with Crippen molar-refractivity contribution in [1.29, 1.82) is 0 Å². The van der Waals surface area contributed by atoms with E-state index >= 15 is 0 Å². The van der Waals surface area contributed by atoms with Gasteiger partial charge in [-0.05, 0) is 61.2 Å². The Morgan fingerprint density at radius 2 is 1.88 bits per heavy atom. The summed E-state index contributed by atoms with van der Waals surface area (Å²) in [6.07, 6.45) is 1.99. The number of hydrogen-bond donors (Lipinski definition) is 1. The fourth-order valence-corrected chi connectivity index (χ4v) is 5.01. The molecule has 0 aliphatic carbocycles. The second-order valence-electron chi connectivity index (χ2n) is 7.72. The molecule has 3 aromatic carbocycles. The molecule has 5 aromatic rings. The van der Waals surface area contributed by atoms with Crippen molar-refractivity contribution in [2.45, 2.75) is 17.0 Å². The predicted octanol–water partition coefficient (Wildman–Crippen LogP) is 5.89. The maximum atomic E-state index is 13.5. The zero-order valence-electron chi connectivity index (χ0n) is 18.6. The van der Waals surface area contributed by atoms with Gasteiger partial charge in [0.2, 0.25) is 11.5 Å². The van der Waals surface area contributed by atoms with Gasteiger partial charge < -0.3 is 9.73 Å². The highest BCUT2D eigenvalue weighted by atomic mass is 32.2. The number of carbonyl (C=O) groups is 1. The molecule has 0 saturated heterocycles. The van der Waals surface area contributed by atoms with Crippen LogP contribution in [0.2, 0.25) is 0 Å². The van der Waals surface area contributed by atoms with Crippen molar-refractivity contribution in [3.63, 3.8) is 0 Å². The summed E-state index contributed by atoms with van der Waals surface area (Å²) in [7, 11) is 0. The van der Waals surface area contributed by atoms with Gasteiger partial charge in [-0.15, -0.1) is 11.8 Å². The van der Waals surface area contributed by atoms with E-state index in [2.05, 4.69) is 5.32 Å². The van der Waals surface area contributed by atoms with E-state index in [0.717, 1.165) is 21.5 Å². The molecule has 0 aliphatic heterocycles. The van der Waals surface area contributed by atoms with E-state index in [0.29, 0.717) is 21.9 Å². The first-order valence-electron chi connectivity index (χ1n) is 10.6. The summed E-state index contributed by atoms with van der Waals surface area (Å²) in [5.41, 5.74) is 3.42. The molecule has 0 atom stereocenters. The second-order valence-corrected chi connectivity index (χ2v) is 9.54. The monoisotopic (exact) mass is 487 g/mol. The van der Waals surface area contributed by atoms with Crippen LogP contribution in [-0.4, -0.2) is 27.5 Å². The van der Waals surface area contributed by atoms with Crippen molar-refractivity contribution in [1.82, 2.24) is 9.55 Å². The average molecular weight is 488 g/mol. The Balaban J connectivity index is 1.54. The fourth-order valence-electron chi connectivity index (χ4n) is 3.74. The molecule has 2 heterocycles. The largest absolute Gasteiger partial charge is 0.448 e. The summed E-state index contributed by atoms with van der Waals surface area (Å²) < 4.78 is 7.39. The fraction of sp³-hybridized carbons (Fsp3) is 0.115. The topological polar surface area (TPSA) is 77.1 Å². The molecule has 8 heteroatoms. The van der Waals surface area contributed by atoms with Gasteiger partial charge in [-0.3, -0.25) is 14.2 Å². The summed E-state index contributed by atoms with van der Waals surface area (Å²) in [5.74, 6) is -0.0753. The molecule has 1 amide bonds. The van der Waals surface area contributed by atoms with Crippen molar-refractivity contribution in [2.24, 2.45) is 0 Å². The molecule has 6 nitrogen and oxygen atoms in total. The number of aromatic nitrogens is 2. The van der Waals surface area contributed by atoms with E-state index in [4.69, 9.17) is 9.40 Å². The first kappa shape index (κ1) is 22.3. The predicted molar refractivity (Wildman–Crippen MR) is 139 cm³/mol. The number of fused-ring (bicyclic) bond motifs is 3. The van der Waals surface area contributed by atoms with E-state index in [1.165, 1.54) is 16.3 Å². The second kappa shape index (κ2) is 9.40. The minimum Gasteiger partial charge on any atom is -0.448 e. The van der Waals surface area contributed by atoms with Crippen LogP contribution in [0.15, 0.2) is 92.1 Å². The van der Waals surface area contributed by atoms with Gasteiger partial charge in [0.15, 0.2) is 5.16 Å². The van der Waals surface area contributed by atoms with Gasteiger partial charge in [-0.25, -0.2) is 4.98 Å². The van der Waals surface area contributed by atoms with Gasteiger partial charge in [0.1, 0.15) is 11.1 Å². The number of carbonyl (C=O) groups excluding carboxylic acids is 1. The number of hydrogen-bond acceptors (Lipinski definition) is 6. The molecule has 0 saturated carbocycles. The van der Waals surface area contributed by atoms with Crippen molar-refractivity contribution >= 4 is 57.2 Å². The van der Waals surface area contributed by atoms with Crippen LogP contribution in [0, 0.1) is 6.92 Å². The number of anilines is 1. The summed E-state index contributed by atoms with van der Waals surface area (Å²) >= 11 is 2.83. The van der Waals surface area contributed by atoms with Gasteiger partial charge in [-0.1, -0.05) is 42.1 Å². The minimum atomic E-state index is -0.303. The van der Waals surface area contributed by atoms with Gasteiger partial charge >= 0.3 is 5.56 Å². The van der Waals surface area contributed by atoms with Gasteiger partial charge in [0, 0.05) is 16.0 Å². The van der Waals surface area contributed by atoms with Crippen LogP contribution in [0.3, 0.4) is 0 Å². The SMILES string of the molecule is CSc1cccc(NC(=O)CSc2nc3c(oc4ccccc43)c(=O)n2-c2cccc(C)c2)c1. The average Bonchev–Trinajstić information content (AvgIpc) is 3.22. The lowest BCUT2D eigenvalue weighted by Crippen LogP contribution is -2.22. The molecule has 0 radical (unpaired) electrons. The Morgan fingerprint density at radius 1 is 1.06 bits per heavy atom. The maximum Gasteiger partial charge on any atom is 0.302 e. The highest BCUT2D eigenvalue weighted by molar-refractivity contribution is 7.99. The number of thioether (sulfide) groups is 2. The van der Waals surface area contributed by atoms with Crippen molar-refractivity contribution in [3.8, 4) is 5.69 Å². The Bertz CT molecular complexity index is 1590. The van der Waals surface area contributed by atoms with Crippen molar-refractivity contribution < 1.29 is 9.21 Å². The third kappa shape index (κ3) is 4.34. The van der Waals surface area contributed by atoms with Crippen LogP contribution in [0.5, 0.6) is 0 Å². The minimum absolute atomic E-state index is 0.100. The van der Waals surface area contributed by atoms with E-state index in [9.17, 15) is 9.59 Å². The molecule has 1 N–H and O–H groups in total. The number of amides is 1. The van der Waals surface area contributed by atoms with Crippen LogP contribution < -0.4 is 10.9 Å². The normalized spacial score (nSPS) is 11.2. The molecular weight excluding hydrogens is 466 g/mol. The Labute approximate surface area is 204 Å². The summed E-state index contributed by atoms with van der Waals surface area (Å²) in [5, 5.41) is 4.13. The molecular formula is C26H21N3O3S2. The third-order valence-corrected chi connectivity index (χ3v) is 6.97. The van der Waals surface area contributed by atoms with Crippen LogP contribution in [0.4, 0.5) is 5.69 Å². The molecule has 0 spiro atoms. The first-order chi connectivity index (χ1) is 16.5. The zero-order valence-corrected chi connectivity index (χ0v) is 20.2. The standard InChI is InChI=1S/C26H21N3O3S2/c1-16-7-5-9-18(13-16)29-25(31)24-23(20-11-3-4-12-21(20)32-24)28-26(29)34-15-22(30)27-17-8-6-10-19(14-17)33-2/h3-14H,15H2,1-2H3,(H,27,30). The van der Waals surface area contributed by atoms with E-state index in [1.807, 2.05) is 86.0 Å². The lowest BCUT2D eigenvalue weighted by molar-refractivity contribution is -0.113. The molecule has 0 unspecified atom stereocenters. The lowest BCUT2D eigenvalue weighted by atomic mass is 10.2. The number of nitrogens with zero attached hydrogens (tertiary/aromatic N) is 2. The van der Waals surface area contributed by atoms with E-state index in [1.54, 1.807) is 11.8 Å². The van der Waals surface area contributed by atoms with Crippen molar-refractivity contribution in [3.05, 3.63) is 88.7 Å². The smallest absolute Gasteiger partial charge is 0.302 e. The number of aryl methyl sites for hydroxylation is 1. The molecule has 170 valence electrons. The highest BCUT2D eigenvalue weighted by Crippen LogP contribution is 2.29. The van der Waals surface area contributed by atoms with E-state index < -0.39 is 0 Å². The molecule has 0 bridgehead atoms. The summed E-state index contributed by atoms with van der Waals surface area (Å²) in [6, 6.07) is 22.7. The number of para-hydroxylation sites is 1. The van der Waals surface area contributed by atoms with Gasteiger partial charge in [0.25, 0.3) is 0 Å². The van der Waals surface area contributed by atoms with Crippen LogP contribution in [-0.2, 0) is 4.79 Å². The quantitative estimate of drug-likeness (QED) is 0.238. The number of furan rings is 1. The molecule has 5 rings (SSSR count). The number of nitrogens with one attached hydrogen (secondary N) is 1. The third-order valence-electron chi connectivity index (χ3n) is 5.31.